The molecule has 2 aromatic carbocycles. The molecule has 3 heterocycles. The van der Waals surface area contributed by atoms with E-state index in [-0.39, 0.29) is 0 Å². The van der Waals surface area contributed by atoms with Gasteiger partial charge in [0.2, 0.25) is 5.95 Å². The molecule has 0 N–H and O–H groups in total. The van der Waals surface area contributed by atoms with Crippen LogP contribution >= 0.6 is 0 Å². The third kappa shape index (κ3) is 3.81. The number of benzene rings is 2. The Morgan fingerprint density at radius 1 is 0.824 bits per heavy atom. The summed E-state index contributed by atoms with van der Waals surface area (Å²) in [5.41, 5.74) is 3.85. The molecule has 0 saturated carbocycles. The smallest absolute Gasteiger partial charge is 0.282 e. The number of aryl methyl sites for hydroxylation is 2. The Balaban J connectivity index is 1.53. The highest BCUT2D eigenvalue weighted by molar-refractivity contribution is 6.45. The van der Waals surface area contributed by atoms with Crippen LogP contribution in [-0.2, 0) is 9.59 Å². The normalized spacial score (nSPS) is 16.6. The lowest BCUT2D eigenvalue weighted by Gasteiger charge is -2.36. The molecule has 2 aliphatic heterocycles. The summed E-state index contributed by atoms with van der Waals surface area (Å²) >= 11 is 0. The van der Waals surface area contributed by atoms with E-state index in [9.17, 15) is 14.0 Å². The van der Waals surface area contributed by atoms with Crippen molar-refractivity contribution in [3.8, 4) is 0 Å². The fraction of sp³-hybridized carbons (Fsp3) is 0.231. The Morgan fingerprint density at radius 3 is 2.12 bits per heavy atom. The number of hydrogen-bond donors (Lipinski definition) is 0. The van der Waals surface area contributed by atoms with Crippen molar-refractivity contribution >= 4 is 29.0 Å². The minimum atomic E-state index is -0.426. The molecule has 3 aromatic rings. The van der Waals surface area contributed by atoms with Crippen LogP contribution in [0, 0.1) is 19.7 Å². The first-order valence-corrected chi connectivity index (χ1v) is 11.2. The molecular formula is C26H24FN5O2. The van der Waals surface area contributed by atoms with Gasteiger partial charge in [0, 0.05) is 38.6 Å². The molecule has 5 rings (SSSR count). The lowest BCUT2D eigenvalue weighted by atomic mass is 9.97. The number of aromatic nitrogens is 2. The third-order valence-corrected chi connectivity index (χ3v) is 6.23. The molecule has 7 nitrogen and oxygen atoms in total. The molecule has 1 aromatic heterocycles. The van der Waals surface area contributed by atoms with Crippen LogP contribution in [0.1, 0.15) is 16.7 Å². The quantitative estimate of drug-likeness (QED) is 0.560. The van der Waals surface area contributed by atoms with E-state index in [0.29, 0.717) is 49.1 Å². The lowest BCUT2D eigenvalue weighted by molar-refractivity contribution is -0.120. The summed E-state index contributed by atoms with van der Waals surface area (Å²) in [5, 5.41) is 0. The molecule has 0 spiro atoms. The minimum Gasteiger partial charge on any atom is -0.363 e. The maximum Gasteiger partial charge on any atom is 0.282 e. The van der Waals surface area contributed by atoms with Crippen molar-refractivity contribution in [2.75, 3.05) is 36.0 Å². The van der Waals surface area contributed by atoms with Gasteiger partial charge >= 0.3 is 0 Å². The SMILES string of the molecule is Cc1ccc(C2=C(N3CCN(c4ncccn4)CC3)C(=O)N(c3ccc(F)cc3)C2=O)c(C)c1. The van der Waals surface area contributed by atoms with Crippen LogP contribution in [0.4, 0.5) is 16.0 Å². The van der Waals surface area contributed by atoms with E-state index in [1.54, 1.807) is 18.5 Å². The monoisotopic (exact) mass is 457 g/mol. The van der Waals surface area contributed by atoms with Gasteiger partial charge in [-0.3, -0.25) is 9.59 Å². The summed E-state index contributed by atoms with van der Waals surface area (Å²) in [6.07, 6.45) is 3.41. The summed E-state index contributed by atoms with van der Waals surface area (Å²) < 4.78 is 13.5. The average molecular weight is 458 g/mol. The van der Waals surface area contributed by atoms with Crippen molar-refractivity contribution in [3.05, 3.63) is 89.1 Å². The summed E-state index contributed by atoms with van der Waals surface area (Å²) in [5.74, 6) is -0.569. The van der Waals surface area contributed by atoms with Gasteiger partial charge in [-0.2, -0.15) is 0 Å². The summed E-state index contributed by atoms with van der Waals surface area (Å²) in [6.45, 7) is 6.24. The van der Waals surface area contributed by atoms with Gasteiger partial charge in [0.25, 0.3) is 11.8 Å². The Labute approximate surface area is 197 Å². The second-order valence-corrected chi connectivity index (χ2v) is 8.49. The van der Waals surface area contributed by atoms with Crippen molar-refractivity contribution in [2.24, 2.45) is 0 Å². The highest BCUT2D eigenvalue weighted by Crippen LogP contribution is 2.36. The zero-order valence-electron chi connectivity index (χ0n) is 19.0. The van der Waals surface area contributed by atoms with Gasteiger partial charge in [0.1, 0.15) is 11.5 Å². The van der Waals surface area contributed by atoms with Crippen molar-refractivity contribution in [1.82, 2.24) is 14.9 Å². The number of hydrogen-bond acceptors (Lipinski definition) is 6. The number of carbonyl (C=O) groups excluding carboxylic acids is 2. The van der Waals surface area contributed by atoms with E-state index in [4.69, 9.17) is 0 Å². The molecule has 0 unspecified atom stereocenters. The van der Waals surface area contributed by atoms with Crippen LogP contribution in [0.5, 0.6) is 0 Å². The van der Waals surface area contributed by atoms with Crippen molar-refractivity contribution < 1.29 is 14.0 Å². The zero-order valence-corrected chi connectivity index (χ0v) is 19.0. The van der Waals surface area contributed by atoms with Gasteiger partial charge in [0.05, 0.1) is 11.3 Å². The Morgan fingerprint density at radius 2 is 1.47 bits per heavy atom. The van der Waals surface area contributed by atoms with Crippen molar-refractivity contribution in [1.29, 1.82) is 0 Å². The van der Waals surface area contributed by atoms with E-state index in [1.165, 1.54) is 24.3 Å². The Hall–Kier alpha value is -4.07. The van der Waals surface area contributed by atoms with Crippen LogP contribution in [0.3, 0.4) is 0 Å². The van der Waals surface area contributed by atoms with Gasteiger partial charge in [-0.25, -0.2) is 19.3 Å². The molecule has 2 amide bonds. The fourth-order valence-electron chi connectivity index (χ4n) is 4.56. The van der Waals surface area contributed by atoms with Crippen molar-refractivity contribution in [2.45, 2.75) is 13.8 Å². The van der Waals surface area contributed by atoms with Gasteiger partial charge in [-0.15, -0.1) is 0 Å². The highest BCUT2D eigenvalue weighted by atomic mass is 19.1. The van der Waals surface area contributed by atoms with Gasteiger partial charge < -0.3 is 9.80 Å². The first-order chi connectivity index (χ1) is 16.4. The summed E-state index contributed by atoms with van der Waals surface area (Å²) in [6, 6.07) is 13.0. The molecule has 0 atom stereocenters. The van der Waals surface area contributed by atoms with Gasteiger partial charge in [0.15, 0.2) is 0 Å². The number of piperazine rings is 1. The van der Waals surface area contributed by atoms with Crippen molar-refractivity contribution in [3.63, 3.8) is 0 Å². The zero-order chi connectivity index (χ0) is 23.8. The first-order valence-electron chi connectivity index (χ1n) is 11.2. The lowest BCUT2D eigenvalue weighted by Crippen LogP contribution is -2.48. The predicted molar refractivity (Wildman–Crippen MR) is 128 cm³/mol. The maximum absolute atomic E-state index is 13.7. The number of amides is 2. The second kappa shape index (κ2) is 8.70. The standard InChI is InChI=1S/C26H24FN5O2/c1-17-4-9-21(18(2)16-17)22-23(25(34)32(24(22)33)20-7-5-19(27)6-8-20)30-12-14-31(15-13-30)26-28-10-3-11-29-26/h3-11,16H,12-15H2,1-2H3. The molecule has 1 saturated heterocycles. The van der Waals surface area contributed by atoms with Crippen LogP contribution in [0.25, 0.3) is 5.57 Å². The molecule has 1 fully saturated rings. The molecule has 172 valence electrons. The number of imide groups is 1. The predicted octanol–water partition coefficient (Wildman–Crippen LogP) is 3.34. The van der Waals surface area contributed by atoms with E-state index in [1.807, 2.05) is 36.9 Å². The average Bonchev–Trinajstić information content (AvgIpc) is 3.10. The van der Waals surface area contributed by atoms with E-state index < -0.39 is 17.6 Å². The number of anilines is 2. The van der Waals surface area contributed by atoms with Crippen LogP contribution in [0.2, 0.25) is 0 Å². The van der Waals surface area contributed by atoms with Gasteiger partial charge in [-0.1, -0.05) is 23.8 Å². The second-order valence-electron chi connectivity index (χ2n) is 8.49. The number of nitrogens with zero attached hydrogens (tertiary/aromatic N) is 5. The number of rotatable bonds is 4. The van der Waals surface area contributed by atoms with E-state index in [2.05, 4.69) is 14.9 Å². The molecule has 0 aliphatic carbocycles. The Kier molecular flexibility index (Phi) is 5.57. The minimum absolute atomic E-state index is 0.352. The summed E-state index contributed by atoms with van der Waals surface area (Å²) in [4.78, 5) is 41.2. The molecular weight excluding hydrogens is 433 g/mol. The first kappa shape index (κ1) is 21.8. The van der Waals surface area contributed by atoms with Gasteiger partial charge in [-0.05, 0) is 55.3 Å². The molecule has 2 aliphatic rings. The van der Waals surface area contributed by atoms with Crippen LogP contribution < -0.4 is 9.80 Å². The fourth-order valence-corrected chi connectivity index (χ4v) is 4.56. The molecule has 8 heteroatoms. The summed E-state index contributed by atoms with van der Waals surface area (Å²) in [7, 11) is 0. The number of carbonyl (C=O) groups is 2. The van der Waals surface area contributed by atoms with Crippen LogP contribution in [-0.4, -0.2) is 52.9 Å². The maximum atomic E-state index is 13.7. The Bertz CT molecular complexity index is 1280. The topological polar surface area (TPSA) is 69.6 Å². The van der Waals surface area contributed by atoms with Crippen LogP contribution in [0.15, 0.2) is 66.6 Å². The molecule has 0 bridgehead atoms. The van der Waals surface area contributed by atoms with E-state index in [0.717, 1.165) is 21.6 Å². The number of halogens is 1. The highest BCUT2D eigenvalue weighted by Gasteiger charge is 2.43. The molecule has 34 heavy (non-hydrogen) atoms. The van der Waals surface area contributed by atoms with E-state index >= 15 is 0 Å². The molecule has 0 radical (unpaired) electrons. The third-order valence-electron chi connectivity index (χ3n) is 6.23. The largest absolute Gasteiger partial charge is 0.363 e.